The number of aromatic nitrogens is 3. The minimum atomic E-state index is -0.0854. The van der Waals surface area contributed by atoms with Gasteiger partial charge in [-0.2, -0.15) is 0 Å². The highest BCUT2D eigenvalue weighted by Gasteiger charge is 2.18. The van der Waals surface area contributed by atoms with Crippen LogP contribution >= 0.6 is 11.3 Å². The molecule has 128 valence electrons. The summed E-state index contributed by atoms with van der Waals surface area (Å²) in [5.74, 6) is 0.463. The number of carbonyl (C=O) groups is 1. The summed E-state index contributed by atoms with van der Waals surface area (Å²) in [5.41, 5.74) is 1.99. The molecule has 1 aromatic carbocycles. The van der Waals surface area contributed by atoms with Gasteiger partial charge < -0.3 is 5.32 Å². The lowest BCUT2D eigenvalue weighted by Gasteiger charge is -2.13. The Hall–Kier alpha value is -2.60. The van der Waals surface area contributed by atoms with Crippen molar-refractivity contribution >= 4 is 17.2 Å². The molecule has 2 aromatic heterocycles. The zero-order valence-corrected chi connectivity index (χ0v) is 15.1. The zero-order chi connectivity index (χ0) is 17.6. The van der Waals surface area contributed by atoms with Crippen LogP contribution < -0.4 is 5.32 Å². The number of hydrogen-bond donors (Lipinski definition) is 1. The van der Waals surface area contributed by atoms with Crippen molar-refractivity contribution in [2.24, 2.45) is 0 Å². The van der Waals surface area contributed by atoms with Crippen LogP contribution in [0.4, 0.5) is 0 Å². The second-order valence-electron chi connectivity index (χ2n) is 5.90. The van der Waals surface area contributed by atoms with Crippen molar-refractivity contribution in [1.29, 1.82) is 0 Å². The number of benzene rings is 1. The molecule has 2 heterocycles. The first-order chi connectivity index (χ1) is 12.1. The predicted octanol–water partition coefficient (Wildman–Crippen LogP) is 3.66. The Kier molecular flexibility index (Phi) is 5.50. The average Bonchev–Trinajstić information content (AvgIpc) is 3.03. The summed E-state index contributed by atoms with van der Waals surface area (Å²) < 4.78 is 0. The first-order valence-corrected chi connectivity index (χ1v) is 9.04. The van der Waals surface area contributed by atoms with E-state index in [1.165, 1.54) is 16.9 Å². The fourth-order valence-corrected chi connectivity index (χ4v) is 3.42. The van der Waals surface area contributed by atoms with Crippen LogP contribution in [0.25, 0.3) is 10.8 Å². The first-order valence-electron chi connectivity index (χ1n) is 8.23. The number of thiazole rings is 1. The monoisotopic (exact) mass is 352 g/mol. The molecule has 0 saturated heterocycles. The number of amides is 1. The Labute approximate surface area is 151 Å². The second-order valence-corrected chi connectivity index (χ2v) is 6.90. The fraction of sp³-hybridized carbons (Fsp3) is 0.263. The van der Waals surface area contributed by atoms with Gasteiger partial charge in [0.1, 0.15) is 4.88 Å². The molecule has 0 aliphatic carbocycles. The standard InChI is InChI=1S/C19H20N4OS/c1-13(9-10-15-7-4-3-5-8-15)22-18(24)16-14(2)23-19(25-16)17-20-11-6-12-21-17/h3-8,11-13H,9-10H2,1-2H3,(H,22,24). The SMILES string of the molecule is Cc1nc(-c2ncccn2)sc1C(=O)NC(C)CCc1ccccc1. The molecule has 0 spiro atoms. The van der Waals surface area contributed by atoms with Gasteiger partial charge in [0, 0.05) is 18.4 Å². The third kappa shape index (κ3) is 4.48. The summed E-state index contributed by atoms with van der Waals surface area (Å²) >= 11 is 1.33. The Balaban J connectivity index is 1.62. The molecule has 1 N–H and O–H groups in total. The zero-order valence-electron chi connectivity index (χ0n) is 14.3. The van der Waals surface area contributed by atoms with Crippen LogP contribution in [0.15, 0.2) is 48.8 Å². The van der Waals surface area contributed by atoms with E-state index >= 15 is 0 Å². The molecule has 3 aromatic rings. The maximum Gasteiger partial charge on any atom is 0.263 e. The van der Waals surface area contributed by atoms with Crippen LogP contribution in [-0.4, -0.2) is 26.9 Å². The van der Waals surface area contributed by atoms with Crippen LogP contribution in [0.3, 0.4) is 0 Å². The van der Waals surface area contributed by atoms with Gasteiger partial charge in [-0.25, -0.2) is 15.0 Å². The lowest BCUT2D eigenvalue weighted by Crippen LogP contribution is -2.32. The van der Waals surface area contributed by atoms with Crippen LogP contribution in [0.2, 0.25) is 0 Å². The first kappa shape index (κ1) is 17.2. The van der Waals surface area contributed by atoms with Crippen LogP contribution in [0, 0.1) is 6.92 Å². The van der Waals surface area contributed by atoms with Crippen molar-refractivity contribution in [2.45, 2.75) is 32.7 Å². The van der Waals surface area contributed by atoms with E-state index in [1.807, 2.05) is 32.0 Å². The van der Waals surface area contributed by atoms with Crippen molar-refractivity contribution in [3.8, 4) is 10.8 Å². The van der Waals surface area contributed by atoms with Crippen LogP contribution in [0.5, 0.6) is 0 Å². The number of rotatable bonds is 6. The van der Waals surface area contributed by atoms with Crippen LogP contribution in [0.1, 0.15) is 34.3 Å². The number of nitrogens with zero attached hydrogens (tertiary/aromatic N) is 3. The number of hydrogen-bond acceptors (Lipinski definition) is 5. The van der Waals surface area contributed by atoms with Gasteiger partial charge in [0.25, 0.3) is 5.91 Å². The van der Waals surface area contributed by atoms with Crippen LogP contribution in [-0.2, 0) is 6.42 Å². The smallest absolute Gasteiger partial charge is 0.263 e. The summed E-state index contributed by atoms with van der Waals surface area (Å²) in [5, 5.41) is 3.73. The molecule has 0 saturated carbocycles. The molecule has 0 aliphatic rings. The lowest BCUT2D eigenvalue weighted by molar-refractivity contribution is 0.0942. The highest BCUT2D eigenvalue weighted by molar-refractivity contribution is 7.17. The van der Waals surface area contributed by atoms with E-state index < -0.39 is 0 Å². The minimum Gasteiger partial charge on any atom is -0.349 e. The van der Waals surface area contributed by atoms with E-state index in [-0.39, 0.29) is 11.9 Å². The second kappa shape index (κ2) is 7.98. The third-order valence-corrected chi connectivity index (χ3v) is 5.00. The Morgan fingerprint density at radius 3 is 2.60 bits per heavy atom. The van der Waals surface area contributed by atoms with Gasteiger partial charge in [-0.05, 0) is 38.3 Å². The summed E-state index contributed by atoms with van der Waals surface area (Å²) in [6.07, 6.45) is 5.17. The molecule has 3 rings (SSSR count). The van der Waals surface area contributed by atoms with E-state index in [4.69, 9.17) is 0 Å². The van der Waals surface area contributed by atoms with Crippen molar-refractivity contribution in [3.05, 3.63) is 64.9 Å². The molecule has 0 radical (unpaired) electrons. The Morgan fingerprint density at radius 1 is 1.16 bits per heavy atom. The number of carbonyl (C=O) groups excluding carboxylic acids is 1. The van der Waals surface area contributed by atoms with Gasteiger partial charge in [0.2, 0.25) is 0 Å². The number of nitrogens with one attached hydrogen (secondary N) is 1. The van der Waals surface area contributed by atoms with E-state index in [9.17, 15) is 4.79 Å². The highest BCUT2D eigenvalue weighted by Crippen LogP contribution is 2.25. The summed E-state index contributed by atoms with van der Waals surface area (Å²) in [4.78, 5) is 26.0. The van der Waals surface area contributed by atoms with Crippen molar-refractivity contribution < 1.29 is 4.79 Å². The Bertz CT molecular complexity index is 833. The predicted molar refractivity (Wildman–Crippen MR) is 99.6 cm³/mol. The lowest BCUT2D eigenvalue weighted by atomic mass is 10.1. The topological polar surface area (TPSA) is 67.8 Å². The van der Waals surface area contributed by atoms with Crippen molar-refractivity contribution in [1.82, 2.24) is 20.3 Å². The maximum atomic E-state index is 12.6. The average molecular weight is 352 g/mol. The molecule has 5 nitrogen and oxygen atoms in total. The van der Waals surface area contributed by atoms with Gasteiger partial charge in [-0.1, -0.05) is 30.3 Å². The largest absolute Gasteiger partial charge is 0.349 e. The van der Waals surface area contributed by atoms with Gasteiger partial charge >= 0.3 is 0 Å². The van der Waals surface area contributed by atoms with Gasteiger partial charge in [-0.15, -0.1) is 11.3 Å². The molecule has 1 amide bonds. The normalized spacial score (nSPS) is 11.9. The van der Waals surface area contributed by atoms with Gasteiger partial charge in [0.05, 0.1) is 5.69 Å². The third-order valence-electron chi connectivity index (χ3n) is 3.85. The van der Waals surface area contributed by atoms with Gasteiger partial charge in [-0.3, -0.25) is 4.79 Å². The molecule has 1 atom stereocenters. The highest BCUT2D eigenvalue weighted by atomic mass is 32.1. The molecule has 6 heteroatoms. The van der Waals surface area contributed by atoms with Crippen molar-refractivity contribution in [3.63, 3.8) is 0 Å². The van der Waals surface area contributed by atoms with Crippen molar-refractivity contribution in [2.75, 3.05) is 0 Å². The molecular formula is C19H20N4OS. The van der Waals surface area contributed by atoms with E-state index in [0.29, 0.717) is 21.4 Å². The number of aryl methyl sites for hydroxylation is 2. The summed E-state index contributed by atoms with van der Waals surface area (Å²) in [6.45, 7) is 3.87. The fourth-order valence-electron chi connectivity index (χ4n) is 2.50. The Morgan fingerprint density at radius 2 is 1.88 bits per heavy atom. The maximum absolute atomic E-state index is 12.6. The summed E-state index contributed by atoms with van der Waals surface area (Å²) in [6, 6.07) is 12.1. The quantitative estimate of drug-likeness (QED) is 0.735. The molecule has 1 unspecified atom stereocenters. The molecular weight excluding hydrogens is 332 g/mol. The van der Waals surface area contributed by atoms with E-state index in [0.717, 1.165) is 12.8 Å². The van der Waals surface area contributed by atoms with E-state index in [1.54, 1.807) is 18.5 Å². The van der Waals surface area contributed by atoms with E-state index in [2.05, 4.69) is 32.4 Å². The molecule has 0 aliphatic heterocycles. The molecule has 25 heavy (non-hydrogen) atoms. The minimum absolute atomic E-state index is 0.0854. The van der Waals surface area contributed by atoms with Gasteiger partial charge in [0.15, 0.2) is 10.8 Å². The summed E-state index contributed by atoms with van der Waals surface area (Å²) in [7, 11) is 0. The molecule has 0 bridgehead atoms. The molecule has 0 fully saturated rings.